The zero-order valence-electron chi connectivity index (χ0n) is 10.4. The molecule has 0 atom stereocenters. The Balaban J connectivity index is 2.17. The lowest BCUT2D eigenvalue weighted by Crippen LogP contribution is -2.37. The summed E-state index contributed by atoms with van der Waals surface area (Å²) in [5.74, 6) is -0.332. The summed E-state index contributed by atoms with van der Waals surface area (Å²) in [4.78, 5) is 13.6. The molecule has 1 aromatic carbocycles. The van der Waals surface area contributed by atoms with Crippen LogP contribution in [0.25, 0.3) is 0 Å². The van der Waals surface area contributed by atoms with Crippen LogP contribution in [0, 0.1) is 0 Å². The topological polar surface area (TPSA) is 46.3 Å². The molecule has 1 aliphatic heterocycles. The van der Waals surface area contributed by atoms with Crippen molar-refractivity contribution in [3.63, 3.8) is 0 Å². The van der Waals surface area contributed by atoms with E-state index in [-0.39, 0.29) is 25.4 Å². The van der Waals surface area contributed by atoms with Gasteiger partial charge in [0.25, 0.3) is 5.91 Å². The first kappa shape index (κ1) is 14.9. The van der Waals surface area contributed by atoms with Crippen molar-refractivity contribution < 1.29 is 18.0 Å². The minimum Gasteiger partial charge on any atom is -0.398 e. The maximum Gasteiger partial charge on any atom is 0.412 e. The molecule has 0 saturated carbocycles. The van der Waals surface area contributed by atoms with Gasteiger partial charge in [-0.1, -0.05) is 12.1 Å². The Kier molecular flexibility index (Phi) is 4.08. The highest BCUT2D eigenvalue weighted by atomic mass is 79.9. The molecule has 0 spiro atoms. The number of halogens is 4. The van der Waals surface area contributed by atoms with Crippen molar-refractivity contribution in [1.82, 2.24) is 4.90 Å². The lowest BCUT2D eigenvalue weighted by molar-refractivity contribution is -0.0957. The monoisotopic (exact) mass is 348 g/mol. The summed E-state index contributed by atoms with van der Waals surface area (Å²) < 4.78 is 38.0. The van der Waals surface area contributed by atoms with Crippen LogP contribution in [0.2, 0.25) is 0 Å². The molecule has 0 radical (unpaired) electrons. The number of amides is 1. The van der Waals surface area contributed by atoms with E-state index in [1.54, 1.807) is 18.2 Å². The molecule has 0 aliphatic carbocycles. The predicted molar refractivity (Wildman–Crippen MR) is 73.2 cm³/mol. The summed E-state index contributed by atoms with van der Waals surface area (Å²) in [5.41, 5.74) is 5.88. The van der Waals surface area contributed by atoms with Crippen LogP contribution >= 0.6 is 15.9 Å². The first-order valence-corrected chi connectivity index (χ1v) is 6.69. The van der Waals surface area contributed by atoms with E-state index in [1.807, 2.05) is 0 Å². The minimum absolute atomic E-state index is 0.0467. The maximum absolute atomic E-state index is 12.5. The Morgan fingerprint density at radius 3 is 2.60 bits per heavy atom. The van der Waals surface area contributed by atoms with E-state index in [0.717, 1.165) is 6.08 Å². The third-order valence-electron chi connectivity index (χ3n) is 3.12. The zero-order chi connectivity index (χ0) is 14.9. The summed E-state index contributed by atoms with van der Waals surface area (Å²) in [6, 6.07) is 4.86. The van der Waals surface area contributed by atoms with Crippen LogP contribution in [0.4, 0.5) is 18.9 Å². The first-order valence-electron chi connectivity index (χ1n) is 5.90. The van der Waals surface area contributed by atoms with Gasteiger partial charge < -0.3 is 10.6 Å². The second-order valence-electron chi connectivity index (χ2n) is 4.44. The van der Waals surface area contributed by atoms with Crippen LogP contribution in [-0.4, -0.2) is 30.1 Å². The number of nitrogens with zero attached hydrogens (tertiary/aromatic N) is 1. The Hall–Kier alpha value is -1.50. The second kappa shape index (κ2) is 5.47. The molecule has 1 aliphatic rings. The van der Waals surface area contributed by atoms with Gasteiger partial charge in [0.05, 0.1) is 10.0 Å². The summed E-state index contributed by atoms with van der Waals surface area (Å²) in [6.45, 7) is 0.000329. The van der Waals surface area contributed by atoms with Crippen molar-refractivity contribution in [3.8, 4) is 0 Å². The predicted octanol–water partition coefficient (Wildman–Crippen LogP) is 3.37. The molecule has 108 valence electrons. The smallest absolute Gasteiger partial charge is 0.398 e. The molecule has 20 heavy (non-hydrogen) atoms. The van der Waals surface area contributed by atoms with Gasteiger partial charge in [-0.2, -0.15) is 13.2 Å². The molecule has 0 aromatic heterocycles. The number of alkyl halides is 3. The Morgan fingerprint density at radius 2 is 2.05 bits per heavy atom. The Bertz CT molecular complexity index is 569. The van der Waals surface area contributed by atoms with E-state index in [0.29, 0.717) is 15.7 Å². The van der Waals surface area contributed by atoms with Crippen LogP contribution in [0.5, 0.6) is 0 Å². The van der Waals surface area contributed by atoms with E-state index in [1.165, 1.54) is 4.90 Å². The van der Waals surface area contributed by atoms with E-state index in [4.69, 9.17) is 5.73 Å². The third kappa shape index (κ3) is 2.98. The molecule has 1 amide bonds. The van der Waals surface area contributed by atoms with Crippen molar-refractivity contribution in [2.75, 3.05) is 18.8 Å². The van der Waals surface area contributed by atoms with E-state index < -0.39 is 11.7 Å². The molecule has 1 aromatic rings. The van der Waals surface area contributed by atoms with Gasteiger partial charge in [-0.25, -0.2) is 0 Å². The number of anilines is 1. The van der Waals surface area contributed by atoms with Gasteiger partial charge in [0.2, 0.25) is 0 Å². The lowest BCUT2D eigenvalue weighted by Gasteiger charge is -2.27. The van der Waals surface area contributed by atoms with Gasteiger partial charge in [-0.3, -0.25) is 4.79 Å². The van der Waals surface area contributed by atoms with E-state index >= 15 is 0 Å². The fourth-order valence-corrected chi connectivity index (χ4v) is 2.43. The molecule has 3 nitrogen and oxygen atoms in total. The van der Waals surface area contributed by atoms with Crippen molar-refractivity contribution in [1.29, 1.82) is 0 Å². The molecule has 0 saturated heterocycles. The summed E-state index contributed by atoms with van der Waals surface area (Å²) in [5, 5.41) is 0. The summed E-state index contributed by atoms with van der Waals surface area (Å²) in [7, 11) is 0. The fourth-order valence-electron chi connectivity index (χ4n) is 2.00. The highest BCUT2D eigenvalue weighted by Gasteiger charge is 2.35. The third-order valence-corrected chi connectivity index (χ3v) is 4.00. The van der Waals surface area contributed by atoms with Gasteiger partial charge in [0.1, 0.15) is 0 Å². The standard InChI is InChI=1S/C13H12BrF3N2O/c14-11-9(2-1-3-10(11)18)12(20)19-6-4-8(5-7-19)13(15,16)17/h1-4H,5-7,18H2. The molecule has 1 heterocycles. The van der Waals surface area contributed by atoms with Gasteiger partial charge in [-0.15, -0.1) is 0 Å². The van der Waals surface area contributed by atoms with Gasteiger partial charge in [0, 0.05) is 24.4 Å². The van der Waals surface area contributed by atoms with Crippen molar-refractivity contribution in [2.24, 2.45) is 0 Å². The van der Waals surface area contributed by atoms with Crippen molar-refractivity contribution >= 4 is 27.5 Å². The van der Waals surface area contributed by atoms with E-state index in [9.17, 15) is 18.0 Å². The first-order chi connectivity index (χ1) is 9.30. The number of benzene rings is 1. The van der Waals surface area contributed by atoms with Gasteiger partial charge >= 0.3 is 6.18 Å². The van der Waals surface area contributed by atoms with Crippen molar-refractivity contribution in [2.45, 2.75) is 12.6 Å². The molecule has 0 fully saturated rings. The number of nitrogens with two attached hydrogens (primary N) is 1. The molecule has 0 bridgehead atoms. The molecular formula is C13H12BrF3N2O. The van der Waals surface area contributed by atoms with Gasteiger partial charge in [0.15, 0.2) is 0 Å². The van der Waals surface area contributed by atoms with Gasteiger partial charge in [-0.05, 0) is 34.5 Å². The fraction of sp³-hybridized carbons (Fsp3) is 0.308. The number of carbonyl (C=O) groups is 1. The number of hydrogen-bond donors (Lipinski definition) is 1. The zero-order valence-corrected chi connectivity index (χ0v) is 12.0. The largest absolute Gasteiger partial charge is 0.412 e. The average molecular weight is 349 g/mol. The quantitative estimate of drug-likeness (QED) is 0.624. The Morgan fingerprint density at radius 1 is 1.35 bits per heavy atom. The molecule has 2 rings (SSSR count). The van der Waals surface area contributed by atoms with Crippen LogP contribution < -0.4 is 5.73 Å². The highest BCUT2D eigenvalue weighted by molar-refractivity contribution is 9.10. The number of rotatable bonds is 1. The van der Waals surface area contributed by atoms with Crippen LogP contribution in [0.1, 0.15) is 16.8 Å². The average Bonchev–Trinajstić information content (AvgIpc) is 2.40. The molecule has 2 N–H and O–H groups in total. The summed E-state index contributed by atoms with van der Waals surface area (Å²) in [6.07, 6.45) is -3.44. The lowest BCUT2D eigenvalue weighted by atomic mass is 10.1. The SMILES string of the molecule is Nc1cccc(C(=O)N2CC=C(C(F)(F)F)CC2)c1Br. The molecular weight excluding hydrogens is 337 g/mol. The number of hydrogen-bond acceptors (Lipinski definition) is 2. The molecule has 7 heteroatoms. The maximum atomic E-state index is 12.5. The van der Waals surface area contributed by atoms with Crippen LogP contribution in [0.3, 0.4) is 0 Å². The summed E-state index contributed by atoms with van der Waals surface area (Å²) >= 11 is 3.22. The Labute approximate surface area is 122 Å². The normalized spacial score (nSPS) is 16.0. The minimum atomic E-state index is -4.31. The van der Waals surface area contributed by atoms with Crippen LogP contribution in [0.15, 0.2) is 34.3 Å². The van der Waals surface area contributed by atoms with Crippen LogP contribution in [-0.2, 0) is 0 Å². The molecule has 0 unspecified atom stereocenters. The number of nitrogen functional groups attached to an aromatic ring is 1. The highest BCUT2D eigenvalue weighted by Crippen LogP contribution is 2.31. The second-order valence-corrected chi connectivity index (χ2v) is 5.23. The van der Waals surface area contributed by atoms with E-state index in [2.05, 4.69) is 15.9 Å². The van der Waals surface area contributed by atoms with Crippen molar-refractivity contribution in [3.05, 3.63) is 39.9 Å². The number of carbonyl (C=O) groups excluding carboxylic acids is 1.